The fourth-order valence-corrected chi connectivity index (χ4v) is 3.55. The second-order valence-corrected chi connectivity index (χ2v) is 7.50. The lowest BCUT2D eigenvalue weighted by molar-refractivity contribution is -0.136. The highest BCUT2D eigenvalue weighted by Gasteiger charge is 2.08. The summed E-state index contributed by atoms with van der Waals surface area (Å²) in [6.45, 7) is 0.270. The van der Waals surface area contributed by atoms with E-state index in [9.17, 15) is 4.79 Å². The monoisotopic (exact) mass is 472 g/mol. The van der Waals surface area contributed by atoms with E-state index < -0.39 is 5.97 Å². The third-order valence-electron chi connectivity index (χ3n) is 4.53. The highest BCUT2D eigenvalue weighted by atomic mass is 79.9. The smallest absolute Gasteiger partial charge is 0.307 e. The summed E-state index contributed by atoms with van der Waals surface area (Å²) in [4.78, 5) is 10.9. The molecule has 6 heteroatoms. The zero-order valence-electron chi connectivity index (χ0n) is 16.4. The lowest BCUT2D eigenvalue weighted by atomic mass is 9.96. The number of carboxylic acid groups (broad SMARTS) is 1. The maximum Gasteiger partial charge on any atom is 0.307 e. The Morgan fingerprint density at radius 1 is 0.935 bits per heavy atom. The van der Waals surface area contributed by atoms with Crippen molar-refractivity contribution in [3.63, 3.8) is 0 Å². The molecular weight excluding hydrogens is 456 g/mol. The van der Waals surface area contributed by atoms with Crippen molar-refractivity contribution in [2.24, 2.45) is 0 Å². The fraction of sp³-hybridized carbons (Fsp3) is 0.0800. The summed E-state index contributed by atoms with van der Waals surface area (Å²) >= 11 is 3.43. The maximum absolute atomic E-state index is 10.9. The molecule has 0 saturated carbocycles. The van der Waals surface area contributed by atoms with E-state index in [2.05, 4.69) is 28.1 Å². The topological polar surface area (TPSA) is 94.1 Å². The molecule has 0 aromatic heterocycles. The van der Waals surface area contributed by atoms with E-state index in [0.29, 0.717) is 26.9 Å². The Kier molecular flexibility index (Phi) is 7.22. The van der Waals surface area contributed by atoms with Crippen molar-refractivity contribution >= 4 is 27.5 Å². The molecule has 3 aromatic rings. The molecule has 0 bridgehead atoms. The third-order valence-corrected chi connectivity index (χ3v) is 5.15. The van der Waals surface area contributed by atoms with Crippen LogP contribution in [0.5, 0.6) is 5.75 Å². The van der Waals surface area contributed by atoms with Crippen LogP contribution >= 0.6 is 15.9 Å². The Morgan fingerprint density at radius 2 is 1.48 bits per heavy atom. The third kappa shape index (κ3) is 5.82. The molecule has 0 aliphatic heterocycles. The van der Waals surface area contributed by atoms with Gasteiger partial charge in [0, 0.05) is 0 Å². The number of halogens is 1. The molecule has 0 atom stereocenters. The summed E-state index contributed by atoms with van der Waals surface area (Å²) < 4.78 is 6.56. The molecule has 3 rings (SSSR count). The Bertz CT molecular complexity index is 1140. The molecule has 0 aliphatic carbocycles. The summed E-state index contributed by atoms with van der Waals surface area (Å²) in [6, 6.07) is 23.9. The van der Waals surface area contributed by atoms with Crippen LogP contribution in [0.15, 0.2) is 77.3 Å². The minimum atomic E-state index is -0.891. The zero-order valence-corrected chi connectivity index (χ0v) is 18.0. The summed E-state index contributed by atoms with van der Waals surface area (Å²) in [6.07, 6.45) is 1.88. The summed E-state index contributed by atoms with van der Waals surface area (Å²) in [5.41, 5.74) is 4.58. The predicted molar refractivity (Wildman–Crippen MR) is 120 cm³/mol. The van der Waals surface area contributed by atoms with E-state index in [1.54, 1.807) is 42.5 Å². The van der Waals surface area contributed by atoms with Gasteiger partial charge in [0.2, 0.25) is 0 Å². The van der Waals surface area contributed by atoms with Crippen LogP contribution in [0.2, 0.25) is 0 Å². The van der Waals surface area contributed by atoms with Crippen molar-refractivity contribution in [2.45, 2.75) is 6.42 Å². The van der Waals surface area contributed by atoms with Crippen molar-refractivity contribution in [1.82, 2.24) is 0 Å². The van der Waals surface area contributed by atoms with Crippen LogP contribution in [0, 0.1) is 22.7 Å². The van der Waals surface area contributed by atoms with Crippen molar-refractivity contribution in [3.8, 4) is 17.9 Å². The van der Waals surface area contributed by atoms with Crippen LogP contribution in [-0.4, -0.2) is 17.7 Å². The van der Waals surface area contributed by atoms with Gasteiger partial charge in [-0.05, 0) is 80.7 Å². The Hall–Kier alpha value is -3.87. The van der Waals surface area contributed by atoms with Crippen molar-refractivity contribution in [3.05, 3.63) is 105 Å². The van der Waals surface area contributed by atoms with Gasteiger partial charge < -0.3 is 9.84 Å². The molecule has 31 heavy (non-hydrogen) atoms. The number of hydrogen-bond acceptors (Lipinski definition) is 4. The molecule has 0 heterocycles. The number of nitriles is 2. The Morgan fingerprint density at radius 3 is 1.94 bits per heavy atom. The Balaban J connectivity index is 1.86. The summed E-state index contributed by atoms with van der Waals surface area (Å²) in [5.74, 6) is -0.289. The van der Waals surface area contributed by atoms with Crippen LogP contribution in [0.1, 0.15) is 27.8 Å². The fourth-order valence-electron chi connectivity index (χ4n) is 3.01. The molecule has 3 aromatic carbocycles. The molecule has 152 valence electrons. The average Bonchev–Trinajstić information content (AvgIpc) is 2.78. The zero-order chi connectivity index (χ0) is 22.2. The number of benzene rings is 3. The van der Waals surface area contributed by atoms with E-state index in [-0.39, 0.29) is 13.0 Å². The van der Waals surface area contributed by atoms with Gasteiger partial charge in [-0.3, -0.25) is 4.79 Å². The molecule has 1 N–H and O–H groups in total. The lowest BCUT2D eigenvalue weighted by Crippen LogP contribution is -2.01. The van der Waals surface area contributed by atoms with Gasteiger partial charge in [0.25, 0.3) is 0 Å². The van der Waals surface area contributed by atoms with Crippen LogP contribution in [0.3, 0.4) is 0 Å². The van der Waals surface area contributed by atoms with Gasteiger partial charge in [0.1, 0.15) is 12.4 Å². The quantitative estimate of drug-likeness (QED) is 0.501. The number of nitrogens with zero attached hydrogens (tertiary/aromatic N) is 2. The largest absolute Gasteiger partial charge is 0.488 e. The van der Waals surface area contributed by atoms with Crippen molar-refractivity contribution in [1.29, 1.82) is 10.5 Å². The molecule has 0 unspecified atom stereocenters. The first-order chi connectivity index (χ1) is 15.0. The minimum absolute atomic E-state index is 0.0552. The van der Waals surface area contributed by atoms with Crippen molar-refractivity contribution in [2.75, 3.05) is 6.61 Å². The van der Waals surface area contributed by atoms with Gasteiger partial charge in [-0.15, -0.1) is 0 Å². The van der Waals surface area contributed by atoms with Crippen LogP contribution in [-0.2, 0) is 11.2 Å². The summed E-state index contributed by atoms with van der Waals surface area (Å²) in [7, 11) is 0. The van der Waals surface area contributed by atoms with E-state index in [0.717, 1.165) is 16.7 Å². The maximum atomic E-state index is 10.9. The minimum Gasteiger partial charge on any atom is -0.488 e. The number of hydrogen-bond donors (Lipinski definition) is 1. The first-order valence-electron chi connectivity index (χ1n) is 9.34. The molecule has 0 aliphatic rings. The van der Waals surface area contributed by atoms with E-state index in [1.165, 1.54) is 0 Å². The van der Waals surface area contributed by atoms with Gasteiger partial charge in [-0.2, -0.15) is 10.5 Å². The molecule has 0 radical (unpaired) electrons. The number of rotatable bonds is 7. The molecule has 5 nitrogen and oxygen atoms in total. The van der Waals surface area contributed by atoms with E-state index >= 15 is 0 Å². The molecular formula is C25H17BrN2O3. The summed E-state index contributed by atoms with van der Waals surface area (Å²) in [5, 5.41) is 27.0. The van der Waals surface area contributed by atoms with Gasteiger partial charge in [0.05, 0.1) is 34.2 Å². The van der Waals surface area contributed by atoms with Crippen LogP contribution < -0.4 is 4.74 Å². The molecule has 0 saturated heterocycles. The van der Waals surface area contributed by atoms with Crippen LogP contribution in [0.25, 0.3) is 5.57 Å². The van der Waals surface area contributed by atoms with Crippen molar-refractivity contribution < 1.29 is 14.6 Å². The number of carboxylic acids is 1. The first kappa shape index (κ1) is 21.8. The normalized spacial score (nSPS) is 9.90. The standard InChI is InChI=1S/C25H17BrN2O3/c26-23-13-19(14-25(29)30)5-10-24(23)31-12-11-22(20-6-1-17(15-27)2-7-20)21-8-3-18(16-28)4-9-21/h1-11,13H,12,14H2,(H,29,30). The lowest BCUT2D eigenvalue weighted by Gasteiger charge is -2.11. The number of ether oxygens (including phenoxy) is 1. The van der Waals surface area contributed by atoms with Gasteiger partial charge in [-0.25, -0.2) is 0 Å². The average molecular weight is 473 g/mol. The first-order valence-corrected chi connectivity index (χ1v) is 10.1. The second-order valence-electron chi connectivity index (χ2n) is 6.64. The van der Waals surface area contributed by atoms with E-state index in [4.69, 9.17) is 20.4 Å². The van der Waals surface area contributed by atoms with Gasteiger partial charge >= 0.3 is 5.97 Å². The highest BCUT2D eigenvalue weighted by Crippen LogP contribution is 2.28. The highest BCUT2D eigenvalue weighted by molar-refractivity contribution is 9.10. The van der Waals surface area contributed by atoms with E-state index in [1.807, 2.05) is 30.3 Å². The Labute approximate surface area is 188 Å². The molecule has 0 fully saturated rings. The second kappa shape index (κ2) is 10.2. The van der Waals surface area contributed by atoms with Gasteiger partial charge in [0.15, 0.2) is 0 Å². The molecule has 0 amide bonds. The van der Waals surface area contributed by atoms with Gasteiger partial charge in [-0.1, -0.05) is 30.3 Å². The predicted octanol–water partition coefficient (Wildman–Crippen LogP) is 5.33. The number of carbonyl (C=O) groups is 1. The molecule has 0 spiro atoms. The number of aliphatic carboxylic acids is 1. The van der Waals surface area contributed by atoms with Crippen LogP contribution in [0.4, 0.5) is 0 Å². The SMILES string of the molecule is N#Cc1ccc(C(=CCOc2ccc(CC(=O)O)cc2Br)c2ccc(C#N)cc2)cc1.